The van der Waals surface area contributed by atoms with Gasteiger partial charge in [0.15, 0.2) is 15.9 Å². The first-order chi connectivity index (χ1) is 11.0. The largest absolute Gasteiger partial charge is 0.357 e. The van der Waals surface area contributed by atoms with Crippen LogP contribution in [0.15, 0.2) is 4.34 Å². The van der Waals surface area contributed by atoms with Crippen LogP contribution < -0.4 is 5.32 Å². The lowest BCUT2D eigenvalue weighted by molar-refractivity contribution is 0.101. The van der Waals surface area contributed by atoms with E-state index in [4.69, 9.17) is 0 Å². The monoisotopic (exact) mass is 350 g/mol. The summed E-state index contributed by atoms with van der Waals surface area (Å²) in [7, 11) is 0. The van der Waals surface area contributed by atoms with Crippen LogP contribution in [0.5, 0.6) is 0 Å². The van der Waals surface area contributed by atoms with E-state index in [1.165, 1.54) is 42.9 Å². The van der Waals surface area contributed by atoms with Gasteiger partial charge in [0.25, 0.3) is 0 Å². The molecule has 0 saturated heterocycles. The number of nitrogens with zero attached hydrogens (tertiary/aromatic N) is 2. The summed E-state index contributed by atoms with van der Waals surface area (Å²) >= 11 is 2.84. The number of aromatic amines is 1. The third kappa shape index (κ3) is 3.64. The Balaban J connectivity index is 1.64. The highest BCUT2D eigenvalue weighted by Crippen LogP contribution is 2.30. The standard InChI is InChI=1S/C15H18N4O2S2/c1-7-12(9(3)20)8(2)16-13(7)11(21)6-22-15-19-18-14(23-15)17-10-4-5-10/h10,16H,4-6H2,1-3H3,(H,17,18). The van der Waals surface area contributed by atoms with Gasteiger partial charge in [0.1, 0.15) is 0 Å². The molecule has 0 amide bonds. The predicted molar refractivity (Wildman–Crippen MR) is 91.9 cm³/mol. The molecule has 2 aromatic rings. The van der Waals surface area contributed by atoms with Gasteiger partial charge in [0.2, 0.25) is 5.13 Å². The Labute approximate surface area is 142 Å². The van der Waals surface area contributed by atoms with Gasteiger partial charge in [-0.1, -0.05) is 23.1 Å². The molecular weight excluding hydrogens is 332 g/mol. The molecule has 8 heteroatoms. The molecule has 2 N–H and O–H groups in total. The normalized spacial score (nSPS) is 14.0. The van der Waals surface area contributed by atoms with E-state index in [-0.39, 0.29) is 17.3 Å². The van der Waals surface area contributed by atoms with Crippen LogP contribution in [0, 0.1) is 13.8 Å². The summed E-state index contributed by atoms with van der Waals surface area (Å²) in [6.07, 6.45) is 2.37. The second-order valence-corrected chi connectivity index (χ2v) is 7.88. The van der Waals surface area contributed by atoms with Crippen LogP contribution in [-0.2, 0) is 0 Å². The van der Waals surface area contributed by atoms with Gasteiger partial charge in [-0.15, -0.1) is 10.2 Å². The van der Waals surface area contributed by atoms with Crippen LogP contribution in [0.3, 0.4) is 0 Å². The minimum absolute atomic E-state index is 0.0251. The summed E-state index contributed by atoms with van der Waals surface area (Å²) in [6.45, 7) is 5.14. The first-order valence-corrected chi connectivity index (χ1v) is 9.22. The molecule has 0 atom stereocenters. The average Bonchev–Trinajstić information content (AvgIpc) is 3.09. The SMILES string of the molecule is CC(=O)c1c(C)[nH]c(C(=O)CSc2nnc(NC3CC3)s2)c1C. The van der Waals surface area contributed by atoms with Crippen LogP contribution in [0.25, 0.3) is 0 Å². The van der Waals surface area contributed by atoms with Crippen LogP contribution in [0.4, 0.5) is 5.13 Å². The van der Waals surface area contributed by atoms with Crippen molar-refractivity contribution in [2.45, 2.75) is 44.0 Å². The molecule has 0 aromatic carbocycles. The Morgan fingerprint density at radius 1 is 1.35 bits per heavy atom. The molecule has 1 aliphatic carbocycles. The van der Waals surface area contributed by atoms with Crippen LogP contribution in [0.2, 0.25) is 0 Å². The minimum Gasteiger partial charge on any atom is -0.357 e. The summed E-state index contributed by atoms with van der Waals surface area (Å²) in [5.74, 6) is 0.216. The fourth-order valence-corrected chi connectivity index (χ4v) is 4.19. The number of ketones is 2. The number of Topliss-reactive ketones (excluding diaryl/α,β-unsaturated/α-hetero) is 2. The summed E-state index contributed by atoms with van der Waals surface area (Å²) in [5.41, 5.74) is 2.61. The van der Waals surface area contributed by atoms with Crippen molar-refractivity contribution < 1.29 is 9.59 Å². The van der Waals surface area contributed by atoms with Crippen molar-refractivity contribution >= 4 is 39.8 Å². The number of H-pyrrole nitrogens is 1. The molecule has 3 rings (SSSR count). The smallest absolute Gasteiger partial charge is 0.206 e. The Morgan fingerprint density at radius 2 is 2.09 bits per heavy atom. The second-order valence-electron chi connectivity index (χ2n) is 5.68. The lowest BCUT2D eigenvalue weighted by Gasteiger charge is -1.99. The Bertz CT molecular complexity index is 762. The van der Waals surface area contributed by atoms with Crippen molar-refractivity contribution in [2.75, 3.05) is 11.1 Å². The number of carbonyl (C=O) groups excluding carboxylic acids is 2. The fourth-order valence-electron chi connectivity index (χ4n) is 2.49. The van der Waals surface area contributed by atoms with Gasteiger partial charge in [-0.2, -0.15) is 0 Å². The van der Waals surface area contributed by atoms with Crippen molar-refractivity contribution in [1.82, 2.24) is 15.2 Å². The molecule has 1 aliphatic rings. The van der Waals surface area contributed by atoms with Crippen molar-refractivity contribution in [2.24, 2.45) is 0 Å². The zero-order valence-corrected chi connectivity index (χ0v) is 14.9. The summed E-state index contributed by atoms with van der Waals surface area (Å²) in [6, 6.07) is 0.539. The van der Waals surface area contributed by atoms with Crippen molar-refractivity contribution in [3.63, 3.8) is 0 Å². The van der Waals surface area contributed by atoms with E-state index >= 15 is 0 Å². The lowest BCUT2D eigenvalue weighted by Crippen LogP contribution is -2.05. The van der Waals surface area contributed by atoms with Gasteiger partial charge in [0.05, 0.1) is 11.4 Å². The Morgan fingerprint density at radius 3 is 2.70 bits per heavy atom. The molecule has 2 aromatic heterocycles. The van der Waals surface area contributed by atoms with E-state index < -0.39 is 0 Å². The fraction of sp³-hybridized carbons (Fsp3) is 0.467. The van der Waals surface area contributed by atoms with Gasteiger partial charge in [-0.05, 0) is 39.2 Å². The average molecular weight is 350 g/mol. The highest BCUT2D eigenvalue weighted by atomic mass is 32.2. The molecule has 0 unspecified atom stereocenters. The van der Waals surface area contributed by atoms with E-state index in [9.17, 15) is 9.59 Å². The quantitative estimate of drug-likeness (QED) is 0.589. The molecule has 6 nitrogen and oxygen atoms in total. The topological polar surface area (TPSA) is 87.7 Å². The number of thioether (sulfide) groups is 1. The summed E-state index contributed by atoms with van der Waals surface area (Å²) < 4.78 is 0.772. The summed E-state index contributed by atoms with van der Waals surface area (Å²) in [5, 5.41) is 12.3. The number of aromatic nitrogens is 3. The molecule has 1 fully saturated rings. The van der Waals surface area contributed by atoms with Crippen molar-refractivity contribution in [3.8, 4) is 0 Å². The minimum atomic E-state index is -0.0324. The van der Waals surface area contributed by atoms with Crippen LogP contribution in [0.1, 0.15) is 51.9 Å². The molecule has 1 saturated carbocycles. The van der Waals surface area contributed by atoms with Crippen LogP contribution in [-0.4, -0.2) is 38.5 Å². The first-order valence-electron chi connectivity index (χ1n) is 7.42. The number of carbonyl (C=O) groups is 2. The number of aryl methyl sites for hydroxylation is 1. The lowest BCUT2D eigenvalue weighted by atomic mass is 10.1. The van der Waals surface area contributed by atoms with E-state index in [1.54, 1.807) is 6.92 Å². The number of hydrogen-bond acceptors (Lipinski definition) is 7. The second kappa shape index (κ2) is 6.45. The maximum Gasteiger partial charge on any atom is 0.206 e. The molecule has 2 heterocycles. The molecule has 122 valence electrons. The van der Waals surface area contributed by atoms with Gasteiger partial charge in [0, 0.05) is 17.3 Å². The Hall–Kier alpha value is -1.67. The molecule has 0 aliphatic heterocycles. The number of anilines is 1. The Kier molecular flexibility index (Phi) is 4.54. The maximum atomic E-state index is 12.4. The third-order valence-electron chi connectivity index (χ3n) is 3.71. The predicted octanol–water partition coefficient (Wildman–Crippen LogP) is 3.23. The highest BCUT2D eigenvalue weighted by Gasteiger charge is 2.23. The molecule has 0 bridgehead atoms. The maximum absolute atomic E-state index is 12.4. The van der Waals surface area contributed by atoms with E-state index in [0.29, 0.717) is 17.3 Å². The zero-order chi connectivity index (χ0) is 16.6. The van der Waals surface area contributed by atoms with Crippen LogP contribution >= 0.6 is 23.1 Å². The zero-order valence-electron chi connectivity index (χ0n) is 13.2. The van der Waals surface area contributed by atoms with Gasteiger partial charge in [-0.3, -0.25) is 9.59 Å². The number of rotatable bonds is 7. The third-order valence-corrected chi connectivity index (χ3v) is 5.69. The molecule has 0 spiro atoms. The van der Waals surface area contributed by atoms with E-state index in [2.05, 4.69) is 20.5 Å². The van der Waals surface area contributed by atoms with Crippen molar-refractivity contribution in [1.29, 1.82) is 0 Å². The van der Waals surface area contributed by atoms with E-state index in [0.717, 1.165) is 20.7 Å². The van der Waals surface area contributed by atoms with E-state index in [1.807, 2.05) is 6.92 Å². The molecule has 0 radical (unpaired) electrons. The van der Waals surface area contributed by atoms with Crippen molar-refractivity contribution in [3.05, 3.63) is 22.5 Å². The van der Waals surface area contributed by atoms with Gasteiger partial charge < -0.3 is 10.3 Å². The number of hydrogen-bond donors (Lipinski definition) is 2. The highest BCUT2D eigenvalue weighted by molar-refractivity contribution is 8.01. The first kappa shape index (κ1) is 16.2. The number of nitrogens with one attached hydrogen (secondary N) is 2. The van der Waals surface area contributed by atoms with Gasteiger partial charge in [-0.25, -0.2) is 0 Å². The molecular formula is C15H18N4O2S2. The molecule has 23 heavy (non-hydrogen) atoms. The summed E-state index contributed by atoms with van der Waals surface area (Å²) in [4.78, 5) is 27.1. The van der Waals surface area contributed by atoms with Gasteiger partial charge >= 0.3 is 0 Å².